The highest BCUT2D eigenvalue weighted by Gasteiger charge is 2.37. The number of halogens is 1. The SMILES string of the molecule is CN1CC(CO)N(c2ccccc2Cl)CC1(C)C. The van der Waals surface area contributed by atoms with E-state index in [9.17, 15) is 5.11 Å². The van der Waals surface area contributed by atoms with Crippen molar-refractivity contribution in [1.29, 1.82) is 0 Å². The molecule has 1 saturated heterocycles. The average molecular weight is 269 g/mol. The van der Waals surface area contributed by atoms with E-state index in [0.717, 1.165) is 23.8 Å². The largest absolute Gasteiger partial charge is 0.394 e. The van der Waals surface area contributed by atoms with Crippen LogP contribution in [0.25, 0.3) is 0 Å². The lowest BCUT2D eigenvalue weighted by Crippen LogP contribution is -2.63. The number of rotatable bonds is 2. The first-order valence-electron chi connectivity index (χ1n) is 6.29. The summed E-state index contributed by atoms with van der Waals surface area (Å²) in [4.78, 5) is 4.52. The number of para-hydroxylation sites is 1. The molecule has 1 unspecified atom stereocenters. The highest BCUT2D eigenvalue weighted by molar-refractivity contribution is 6.33. The Hall–Kier alpha value is -0.770. The van der Waals surface area contributed by atoms with Crippen LogP contribution in [0.3, 0.4) is 0 Å². The standard InChI is InChI=1S/C14H21ClN2O/c1-14(2)10-17(11(9-18)8-16(14)3)13-7-5-4-6-12(13)15/h4-7,11,18H,8-10H2,1-3H3. The maximum absolute atomic E-state index is 9.59. The third kappa shape index (κ3) is 2.48. The minimum Gasteiger partial charge on any atom is -0.394 e. The summed E-state index contributed by atoms with van der Waals surface area (Å²) in [6.45, 7) is 6.27. The van der Waals surface area contributed by atoms with Crippen LogP contribution in [0, 0.1) is 0 Å². The molecule has 0 bridgehead atoms. The topological polar surface area (TPSA) is 26.7 Å². The lowest BCUT2D eigenvalue weighted by Gasteiger charge is -2.50. The Morgan fingerprint density at radius 2 is 2.06 bits per heavy atom. The Morgan fingerprint density at radius 3 is 2.67 bits per heavy atom. The molecular weight excluding hydrogens is 248 g/mol. The monoisotopic (exact) mass is 268 g/mol. The van der Waals surface area contributed by atoms with E-state index in [2.05, 4.69) is 30.7 Å². The zero-order valence-corrected chi connectivity index (χ0v) is 12.0. The van der Waals surface area contributed by atoms with Crippen molar-refractivity contribution in [1.82, 2.24) is 4.90 Å². The first kappa shape index (κ1) is 13.7. The second-order valence-corrected chi connectivity index (χ2v) is 6.02. The molecule has 100 valence electrons. The normalized spacial score (nSPS) is 24.3. The molecule has 1 atom stereocenters. The Balaban J connectivity index is 2.33. The van der Waals surface area contributed by atoms with Crippen molar-refractivity contribution in [3.05, 3.63) is 29.3 Å². The van der Waals surface area contributed by atoms with Crippen LogP contribution in [0.1, 0.15) is 13.8 Å². The number of aliphatic hydroxyl groups excluding tert-OH is 1. The molecule has 0 saturated carbocycles. The number of piperazine rings is 1. The van der Waals surface area contributed by atoms with E-state index in [0.29, 0.717) is 0 Å². The summed E-state index contributed by atoms with van der Waals surface area (Å²) in [6.07, 6.45) is 0. The zero-order valence-electron chi connectivity index (χ0n) is 11.2. The van der Waals surface area contributed by atoms with Crippen LogP contribution in [0.2, 0.25) is 5.02 Å². The summed E-state index contributed by atoms with van der Waals surface area (Å²) in [6, 6.07) is 7.94. The lowest BCUT2D eigenvalue weighted by atomic mass is 9.96. The molecule has 1 aromatic rings. The molecule has 0 spiro atoms. The fourth-order valence-corrected chi connectivity index (χ4v) is 2.70. The van der Waals surface area contributed by atoms with Gasteiger partial charge >= 0.3 is 0 Å². The van der Waals surface area contributed by atoms with Gasteiger partial charge in [0.15, 0.2) is 0 Å². The maximum atomic E-state index is 9.59. The zero-order chi connectivity index (χ0) is 13.3. The van der Waals surface area contributed by atoms with Gasteiger partial charge in [-0.05, 0) is 33.0 Å². The first-order valence-corrected chi connectivity index (χ1v) is 6.67. The van der Waals surface area contributed by atoms with Gasteiger partial charge in [-0.1, -0.05) is 23.7 Å². The fraction of sp³-hybridized carbons (Fsp3) is 0.571. The van der Waals surface area contributed by atoms with Crippen molar-refractivity contribution < 1.29 is 5.11 Å². The smallest absolute Gasteiger partial charge is 0.0649 e. The third-order valence-corrected chi connectivity index (χ3v) is 4.21. The van der Waals surface area contributed by atoms with E-state index in [4.69, 9.17) is 11.6 Å². The van der Waals surface area contributed by atoms with Crippen molar-refractivity contribution in [2.45, 2.75) is 25.4 Å². The van der Waals surface area contributed by atoms with E-state index in [1.54, 1.807) is 0 Å². The van der Waals surface area contributed by atoms with Crippen LogP contribution >= 0.6 is 11.6 Å². The number of hydrogen-bond donors (Lipinski definition) is 1. The molecule has 0 amide bonds. The molecule has 1 aliphatic heterocycles. The van der Waals surface area contributed by atoms with E-state index >= 15 is 0 Å². The molecule has 1 heterocycles. The van der Waals surface area contributed by atoms with Crippen LogP contribution < -0.4 is 4.90 Å². The van der Waals surface area contributed by atoms with E-state index in [-0.39, 0.29) is 18.2 Å². The highest BCUT2D eigenvalue weighted by Crippen LogP contribution is 2.32. The van der Waals surface area contributed by atoms with E-state index in [1.165, 1.54) is 0 Å². The average Bonchev–Trinajstić information content (AvgIpc) is 2.33. The van der Waals surface area contributed by atoms with E-state index < -0.39 is 0 Å². The molecule has 2 rings (SSSR count). The van der Waals surface area contributed by atoms with Crippen molar-refractivity contribution in [2.24, 2.45) is 0 Å². The summed E-state index contributed by atoms with van der Waals surface area (Å²) >= 11 is 6.27. The number of anilines is 1. The van der Waals surface area contributed by atoms with Gasteiger partial charge in [0.25, 0.3) is 0 Å². The van der Waals surface area contributed by atoms with Crippen molar-refractivity contribution in [3.63, 3.8) is 0 Å². The molecule has 3 nitrogen and oxygen atoms in total. The number of nitrogens with zero attached hydrogens (tertiary/aromatic N) is 2. The Kier molecular flexibility index (Phi) is 3.85. The van der Waals surface area contributed by atoms with Crippen LogP contribution in [-0.2, 0) is 0 Å². The Labute approximate surface area is 114 Å². The predicted octanol–water partition coefficient (Wildman–Crippen LogP) is 2.23. The molecule has 1 aliphatic rings. The molecule has 1 aromatic carbocycles. The van der Waals surface area contributed by atoms with Crippen LogP contribution in [-0.4, -0.2) is 48.3 Å². The number of likely N-dealkylation sites (N-methyl/N-ethyl adjacent to an activating group) is 1. The summed E-state index contributed by atoms with van der Waals surface area (Å²) in [5.41, 5.74) is 1.09. The summed E-state index contributed by atoms with van der Waals surface area (Å²) in [5, 5.41) is 10.3. The van der Waals surface area contributed by atoms with Gasteiger partial charge in [0, 0.05) is 18.6 Å². The second-order valence-electron chi connectivity index (χ2n) is 5.61. The summed E-state index contributed by atoms with van der Waals surface area (Å²) < 4.78 is 0. The van der Waals surface area contributed by atoms with Gasteiger partial charge in [-0.15, -0.1) is 0 Å². The van der Waals surface area contributed by atoms with Gasteiger partial charge in [0.05, 0.1) is 23.4 Å². The van der Waals surface area contributed by atoms with Gasteiger partial charge < -0.3 is 10.0 Å². The molecule has 0 radical (unpaired) electrons. The van der Waals surface area contributed by atoms with Crippen molar-refractivity contribution in [2.75, 3.05) is 31.6 Å². The van der Waals surface area contributed by atoms with Gasteiger partial charge in [-0.3, -0.25) is 4.90 Å². The van der Waals surface area contributed by atoms with E-state index in [1.807, 2.05) is 24.3 Å². The Morgan fingerprint density at radius 1 is 1.39 bits per heavy atom. The van der Waals surface area contributed by atoms with Gasteiger partial charge in [0.2, 0.25) is 0 Å². The molecule has 18 heavy (non-hydrogen) atoms. The third-order valence-electron chi connectivity index (χ3n) is 3.89. The van der Waals surface area contributed by atoms with Gasteiger partial charge in [-0.25, -0.2) is 0 Å². The first-order chi connectivity index (χ1) is 8.45. The number of benzene rings is 1. The van der Waals surface area contributed by atoms with Crippen molar-refractivity contribution in [3.8, 4) is 0 Å². The molecular formula is C14H21ClN2O. The quantitative estimate of drug-likeness (QED) is 0.891. The minimum atomic E-state index is 0.0742. The maximum Gasteiger partial charge on any atom is 0.0649 e. The number of hydrogen-bond acceptors (Lipinski definition) is 3. The van der Waals surface area contributed by atoms with Crippen LogP contribution in [0.5, 0.6) is 0 Å². The molecule has 4 heteroatoms. The molecule has 0 aromatic heterocycles. The molecule has 1 fully saturated rings. The Bertz CT molecular complexity index is 422. The van der Waals surface area contributed by atoms with Crippen LogP contribution in [0.4, 0.5) is 5.69 Å². The predicted molar refractivity (Wildman–Crippen MR) is 76.4 cm³/mol. The summed E-state index contributed by atoms with van der Waals surface area (Å²) in [7, 11) is 2.10. The minimum absolute atomic E-state index is 0.0742. The van der Waals surface area contributed by atoms with Gasteiger partial charge in [0.1, 0.15) is 0 Å². The molecule has 0 aliphatic carbocycles. The second kappa shape index (κ2) is 5.08. The highest BCUT2D eigenvalue weighted by atomic mass is 35.5. The fourth-order valence-electron chi connectivity index (χ4n) is 2.45. The lowest BCUT2D eigenvalue weighted by molar-refractivity contribution is 0.0932. The van der Waals surface area contributed by atoms with Crippen molar-refractivity contribution >= 4 is 17.3 Å². The molecule has 1 N–H and O–H groups in total. The van der Waals surface area contributed by atoms with Gasteiger partial charge in [-0.2, -0.15) is 0 Å². The summed E-state index contributed by atoms with van der Waals surface area (Å²) in [5.74, 6) is 0. The number of aliphatic hydroxyl groups is 1. The van der Waals surface area contributed by atoms with Crippen LogP contribution in [0.15, 0.2) is 24.3 Å².